The van der Waals surface area contributed by atoms with Crippen LogP contribution in [0.4, 0.5) is 21.5 Å². The number of benzene rings is 3. The number of carbonyl (C=O) groups is 2. The van der Waals surface area contributed by atoms with Crippen LogP contribution in [0.2, 0.25) is 0 Å². The van der Waals surface area contributed by atoms with Gasteiger partial charge in [0.15, 0.2) is 0 Å². The van der Waals surface area contributed by atoms with Gasteiger partial charge in [0, 0.05) is 11.4 Å². The molecule has 0 saturated heterocycles. The van der Waals surface area contributed by atoms with Crippen LogP contribution >= 0.6 is 0 Å². The van der Waals surface area contributed by atoms with E-state index in [9.17, 15) is 19.1 Å². The molecule has 2 atom stereocenters. The molecule has 188 valence electrons. The standard InChI is InChI=1S/C25H27FN6O4/c1-13-5-10-17(26)20(11-13)31-25(36)30-15-8-6-14(7-9-15)16-3-2-4-18(27)22(16)23(29)32-21(33)12-19(28)24(34)35/h2-11,19,25,30-31,36H,12,27-28H2,1H3,(H,34,35)(H2,29,32,33)/p+1/t19-,25?/m0/s1. The number of amidine groups is 1. The van der Waals surface area contributed by atoms with Crippen LogP contribution in [0.3, 0.4) is 0 Å². The molecule has 10 nitrogen and oxygen atoms in total. The minimum atomic E-state index is -1.36. The molecule has 0 saturated carbocycles. The lowest BCUT2D eigenvalue weighted by atomic mass is 9.97. The second-order valence-corrected chi connectivity index (χ2v) is 8.13. The first-order valence-electron chi connectivity index (χ1n) is 10.9. The number of anilines is 3. The second-order valence-electron chi connectivity index (χ2n) is 8.13. The Balaban J connectivity index is 1.74. The summed E-state index contributed by atoms with van der Waals surface area (Å²) in [4.78, 5) is 23.1. The number of hydrogen-bond acceptors (Lipinski definition) is 7. The van der Waals surface area contributed by atoms with Crippen molar-refractivity contribution in [2.24, 2.45) is 5.73 Å². The van der Waals surface area contributed by atoms with Gasteiger partial charge in [-0.05, 0) is 53.9 Å². The summed E-state index contributed by atoms with van der Waals surface area (Å²) >= 11 is 0. The molecule has 1 amide bonds. The van der Waals surface area contributed by atoms with Crippen molar-refractivity contribution < 1.29 is 29.6 Å². The highest BCUT2D eigenvalue weighted by atomic mass is 19.1. The van der Waals surface area contributed by atoms with E-state index in [1.807, 2.05) is 6.92 Å². The molecule has 3 aromatic rings. The fourth-order valence-corrected chi connectivity index (χ4v) is 3.50. The molecule has 0 aliphatic heterocycles. The Morgan fingerprint density at radius 1 is 1.08 bits per heavy atom. The molecule has 0 heterocycles. The van der Waals surface area contributed by atoms with Gasteiger partial charge in [0.05, 0.1) is 17.7 Å². The molecule has 0 aliphatic carbocycles. The molecule has 3 rings (SSSR count). The van der Waals surface area contributed by atoms with Crippen LogP contribution in [-0.4, -0.2) is 40.3 Å². The molecule has 3 aromatic carbocycles. The topological polar surface area (TPSA) is 188 Å². The molecular weight excluding hydrogens is 467 g/mol. The Labute approximate surface area is 206 Å². The monoisotopic (exact) mass is 495 g/mol. The molecule has 0 bridgehead atoms. The number of carboxylic acid groups (broad SMARTS) is 1. The van der Waals surface area contributed by atoms with Gasteiger partial charge in [-0.1, -0.05) is 30.3 Å². The highest BCUT2D eigenvalue weighted by Crippen LogP contribution is 2.28. The number of nitrogens with two attached hydrogens (primary N) is 3. The van der Waals surface area contributed by atoms with Gasteiger partial charge in [0.25, 0.3) is 5.84 Å². The van der Waals surface area contributed by atoms with Gasteiger partial charge in [0.1, 0.15) is 11.9 Å². The van der Waals surface area contributed by atoms with E-state index in [0.717, 1.165) is 5.56 Å². The van der Waals surface area contributed by atoms with Gasteiger partial charge in [-0.3, -0.25) is 10.2 Å². The number of carboxylic acids is 1. The molecule has 11 N–H and O–H groups in total. The average Bonchev–Trinajstić information content (AvgIpc) is 2.81. The molecule has 36 heavy (non-hydrogen) atoms. The van der Waals surface area contributed by atoms with Crippen molar-refractivity contribution in [3.05, 3.63) is 77.6 Å². The van der Waals surface area contributed by atoms with E-state index in [-0.39, 0.29) is 11.5 Å². The summed E-state index contributed by atoms with van der Waals surface area (Å²) in [5, 5.41) is 33.2. The second kappa shape index (κ2) is 11.3. The lowest BCUT2D eigenvalue weighted by Gasteiger charge is -2.18. The maximum Gasteiger partial charge on any atom is 0.321 e. The number of carbonyl (C=O) groups excluding carboxylic acids is 1. The number of aliphatic carboxylic acids is 1. The zero-order valence-corrected chi connectivity index (χ0v) is 19.5. The van der Waals surface area contributed by atoms with Crippen molar-refractivity contribution in [3.63, 3.8) is 0 Å². The first-order valence-corrected chi connectivity index (χ1v) is 10.9. The van der Waals surface area contributed by atoms with Crippen molar-refractivity contribution in [2.45, 2.75) is 25.7 Å². The van der Waals surface area contributed by atoms with Crippen LogP contribution in [0, 0.1) is 12.7 Å². The van der Waals surface area contributed by atoms with Crippen molar-refractivity contribution in [1.82, 2.24) is 5.32 Å². The highest BCUT2D eigenvalue weighted by molar-refractivity contribution is 6.11. The first kappa shape index (κ1) is 26.1. The Morgan fingerprint density at radius 3 is 2.44 bits per heavy atom. The minimum Gasteiger partial charge on any atom is -0.480 e. The number of halogens is 1. The average molecular weight is 496 g/mol. The lowest BCUT2D eigenvalue weighted by Crippen LogP contribution is -2.53. The largest absolute Gasteiger partial charge is 0.480 e. The van der Waals surface area contributed by atoms with E-state index in [1.165, 1.54) is 6.07 Å². The molecule has 0 fully saturated rings. The number of hydrogen-bond donors (Lipinski definition) is 8. The molecular formula is C25H28FN6O4+. The van der Waals surface area contributed by atoms with Crippen LogP contribution in [0.25, 0.3) is 11.1 Å². The SMILES string of the molecule is Cc1ccc(F)c(NC(O)Nc2ccc(-c3cccc(N)c3C(=[NH2+])NC(=O)C[C@H](N)C(=O)O)cc2)c1. The summed E-state index contributed by atoms with van der Waals surface area (Å²) in [6, 6.07) is 15.1. The number of nitrogen functional groups attached to an aromatic ring is 1. The van der Waals surface area contributed by atoms with E-state index in [2.05, 4.69) is 16.0 Å². The number of aliphatic hydroxyl groups is 1. The van der Waals surface area contributed by atoms with E-state index >= 15 is 0 Å². The molecule has 0 spiro atoms. The van der Waals surface area contributed by atoms with Gasteiger partial charge in [-0.2, -0.15) is 0 Å². The smallest absolute Gasteiger partial charge is 0.321 e. The summed E-state index contributed by atoms with van der Waals surface area (Å²) < 4.78 is 13.9. The van der Waals surface area contributed by atoms with Crippen molar-refractivity contribution in [1.29, 1.82) is 0 Å². The number of aryl methyl sites for hydroxylation is 1. The van der Waals surface area contributed by atoms with Crippen molar-refractivity contribution in [2.75, 3.05) is 16.4 Å². The lowest BCUT2D eigenvalue weighted by molar-refractivity contribution is -0.141. The predicted octanol–water partition coefficient (Wildman–Crippen LogP) is 0.607. The summed E-state index contributed by atoms with van der Waals surface area (Å²) in [5.74, 6) is -2.51. The number of amides is 1. The van der Waals surface area contributed by atoms with Crippen LogP contribution in [-0.2, 0) is 9.59 Å². The van der Waals surface area contributed by atoms with Crippen molar-refractivity contribution >= 4 is 34.8 Å². The van der Waals surface area contributed by atoms with Crippen molar-refractivity contribution in [3.8, 4) is 11.1 Å². The van der Waals surface area contributed by atoms with E-state index in [1.54, 1.807) is 54.6 Å². The Bertz CT molecular complexity index is 1280. The van der Waals surface area contributed by atoms with Crippen LogP contribution in [0.1, 0.15) is 17.5 Å². The summed E-state index contributed by atoms with van der Waals surface area (Å²) in [6.07, 6.45) is -1.71. The predicted molar refractivity (Wildman–Crippen MR) is 135 cm³/mol. The molecule has 0 radical (unpaired) electrons. The van der Waals surface area contributed by atoms with E-state index in [4.69, 9.17) is 22.0 Å². The molecule has 11 heteroatoms. The third-order valence-corrected chi connectivity index (χ3v) is 5.28. The maximum atomic E-state index is 13.9. The normalized spacial score (nSPS) is 12.3. The fourth-order valence-electron chi connectivity index (χ4n) is 3.50. The molecule has 0 aromatic heterocycles. The molecule has 0 aliphatic rings. The van der Waals surface area contributed by atoms with Gasteiger partial charge in [0.2, 0.25) is 6.35 Å². The van der Waals surface area contributed by atoms with Crippen LogP contribution in [0.5, 0.6) is 0 Å². The summed E-state index contributed by atoms with van der Waals surface area (Å²) in [7, 11) is 0. The van der Waals surface area contributed by atoms with Gasteiger partial charge >= 0.3 is 11.9 Å². The van der Waals surface area contributed by atoms with Gasteiger partial charge in [-0.25, -0.2) is 14.5 Å². The Hall–Kier alpha value is -4.48. The Morgan fingerprint density at radius 2 is 1.78 bits per heavy atom. The number of aliphatic hydroxyl groups excluding tert-OH is 1. The zero-order chi connectivity index (χ0) is 26.4. The van der Waals surface area contributed by atoms with Crippen LogP contribution in [0.15, 0.2) is 60.7 Å². The number of rotatable bonds is 9. The third-order valence-electron chi connectivity index (χ3n) is 5.28. The molecule has 1 unspecified atom stereocenters. The first-order chi connectivity index (χ1) is 17.0. The summed E-state index contributed by atoms with van der Waals surface area (Å²) in [5.41, 5.74) is 15.1. The van der Waals surface area contributed by atoms with Crippen LogP contribution < -0.4 is 32.8 Å². The maximum absolute atomic E-state index is 13.9. The third kappa shape index (κ3) is 6.56. The Kier molecular flexibility index (Phi) is 8.20. The van der Waals surface area contributed by atoms with Gasteiger partial charge in [-0.15, -0.1) is 0 Å². The van der Waals surface area contributed by atoms with Gasteiger partial charge < -0.3 is 32.3 Å². The minimum absolute atomic E-state index is 0.0484. The zero-order valence-electron chi connectivity index (χ0n) is 19.5. The number of nitrogens with one attached hydrogen (secondary N) is 3. The van der Waals surface area contributed by atoms with E-state index in [0.29, 0.717) is 28.1 Å². The summed E-state index contributed by atoms with van der Waals surface area (Å²) in [6.45, 7) is 1.81. The van der Waals surface area contributed by atoms with E-state index < -0.39 is 36.5 Å². The quantitative estimate of drug-likeness (QED) is 0.0917. The fraction of sp³-hybridized carbons (Fsp3) is 0.160. The highest BCUT2D eigenvalue weighted by Gasteiger charge is 2.24.